The minimum atomic E-state index is 0.426. The van der Waals surface area contributed by atoms with E-state index in [-0.39, 0.29) is 0 Å². The van der Waals surface area contributed by atoms with Gasteiger partial charge in [-0.15, -0.1) is 0 Å². The van der Waals surface area contributed by atoms with Crippen LogP contribution in [0.3, 0.4) is 0 Å². The van der Waals surface area contributed by atoms with Gasteiger partial charge in [0.2, 0.25) is 0 Å². The van der Waals surface area contributed by atoms with Crippen LogP contribution < -0.4 is 15.0 Å². The van der Waals surface area contributed by atoms with E-state index in [0.29, 0.717) is 28.4 Å². The molecule has 1 atom stereocenters. The van der Waals surface area contributed by atoms with Gasteiger partial charge in [0.1, 0.15) is 5.02 Å². The summed E-state index contributed by atoms with van der Waals surface area (Å²) in [5.41, 5.74) is 0. The molecule has 3 heterocycles. The Labute approximate surface area is 110 Å². The van der Waals surface area contributed by atoms with Gasteiger partial charge in [-0.25, -0.2) is 4.98 Å². The summed E-state index contributed by atoms with van der Waals surface area (Å²) in [4.78, 5) is 6.65. The second-order valence-electron chi connectivity index (χ2n) is 4.26. The second-order valence-corrected chi connectivity index (χ2v) is 5.05. The molecule has 0 bridgehead atoms. The Morgan fingerprint density at radius 1 is 1.47 bits per heavy atom. The highest BCUT2D eigenvalue weighted by atomic mass is 35.5. The van der Waals surface area contributed by atoms with E-state index in [1.807, 2.05) is 0 Å². The molecule has 0 unspecified atom stereocenters. The van der Waals surface area contributed by atoms with Crippen LogP contribution in [-0.4, -0.2) is 37.3 Å². The monoisotopic (exact) mass is 273 g/mol. The van der Waals surface area contributed by atoms with E-state index in [4.69, 9.17) is 27.9 Å². The number of hydrogen-bond acceptors (Lipinski definition) is 4. The maximum absolute atomic E-state index is 6.18. The third-order valence-electron chi connectivity index (χ3n) is 3.23. The summed E-state index contributed by atoms with van der Waals surface area (Å²) in [6, 6.07) is 0.426. The summed E-state index contributed by atoms with van der Waals surface area (Å²) < 4.78 is 5.70. The van der Waals surface area contributed by atoms with E-state index in [0.717, 1.165) is 31.9 Å². The minimum absolute atomic E-state index is 0.426. The lowest BCUT2D eigenvalue weighted by atomic mass is 10.1. The lowest BCUT2D eigenvalue weighted by Gasteiger charge is -2.35. The van der Waals surface area contributed by atoms with E-state index < -0.39 is 0 Å². The molecule has 1 aromatic rings. The molecule has 1 fully saturated rings. The molecule has 0 aromatic carbocycles. The van der Waals surface area contributed by atoms with Crippen molar-refractivity contribution < 1.29 is 4.74 Å². The summed E-state index contributed by atoms with van der Waals surface area (Å²) in [7, 11) is 0. The van der Waals surface area contributed by atoms with Crippen molar-refractivity contribution in [2.75, 3.05) is 31.1 Å². The zero-order chi connectivity index (χ0) is 11.8. The maximum atomic E-state index is 6.18. The van der Waals surface area contributed by atoms with Crippen molar-refractivity contribution in [2.45, 2.75) is 12.5 Å². The topological polar surface area (TPSA) is 37.4 Å². The number of anilines is 1. The van der Waals surface area contributed by atoms with Gasteiger partial charge < -0.3 is 15.0 Å². The number of hydrogen-bond donors (Lipinski definition) is 1. The second kappa shape index (κ2) is 4.52. The van der Waals surface area contributed by atoms with E-state index in [2.05, 4.69) is 15.2 Å². The summed E-state index contributed by atoms with van der Waals surface area (Å²) >= 11 is 12.1. The van der Waals surface area contributed by atoms with Gasteiger partial charge in [-0.3, -0.25) is 0 Å². The molecular formula is C11H13Cl2N3O. The predicted octanol–water partition coefficient (Wildman–Crippen LogP) is 1.95. The summed E-state index contributed by atoms with van der Waals surface area (Å²) in [5, 5.41) is 4.30. The third kappa shape index (κ3) is 1.94. The first-order valence-corrected chi connectivity index (χ1v) is 6.47. The molecule has 92 valence electrons. The van der Waals surface area contributed by atoms with Crippen molar-refractivity contribution in [2.24, 2.45) is 0 Å². The third-order valence-corrected chi connectivity index (χ3v) is 3.99. The lowest BCUT2D eigenvalue weighted by Crippen LogP contribution is -2.51. The van der Waals surface area contributed by atoms with Crippen LogP contribution in [0.4, 0.5) is 5.82 Å². The van der Waals surface area contributed by atoms with Gasteiger partial charge in [0, 0.05) is 38.3 Å². The molecule has 2 aliphatic heterocycles. The molecule has 3 rings (SSSR count). The van der Waals surface area contributed by atoms with Gasteiger partial charge in [0.05, 0.1) is 11.6 Å². The van der Waals surface area contributed by atoms with Crippen LogP contribution in [0.25, 0.3) is 0 Å². The number of pyridine rings is 1. The Morgan fingerprint density at radius 2 is 2.35 bits per heavy atom. The van der Waals surface area contributed by atoms with Gasteiger partial charge in [-0.1, -0.05) is 23.2 Å². The first-order chi connectivity index (χ1) is 8.27. The highest BCUT2D eigenvalue weighted by Gasteiger charge is 2.30. The SMILES string of the molecule is Clc1cnc2c(c1Cl)OCC[C@@H]1CNCCN21. The number of ether oxygens (including phenoxy) is 1. The molecule has 17 heavy (non-hydrogen) atoms. The van der Waals surface area contributed by atoms with Crippen molar-refractivity contribution in [3.8, 4) is 5.75 Å². The van der Waals surface area contributed by atoms with Crippen molar-refractivity contribution >= 4 is 29.0 Å². The van der Waals surface area contributed by atoms with Crippen LogP contribution >= 0.6 is 23.2 Å². The average molecular weight is 274 g/mol. The number of piperazine rings is 1. The normalized spacial score (nSPS) is 23.4. The highest BCUT2D eigenvalue weighted by Crippen LogP contribution is 2.41. The molecule has 2 aliphatic rings. The Hall–Kier alpha value is -0.710. The van der Waals surface area contributed by atoms with Gasteiger partial charge in [0.25, 0.3) is 0 Å². The summed E-state index contributed by atoms with van der Waals surface area (Å²) in [6.45, 7) is 3.49. The Balaban J connectivity index is 2.06. The van der Waals surface area contributed by atoms with Crippen molar-refractivity contribution in [3.05, 3.63) is 16.2 Å². The van der Waals surface area contributed by atoms with E-state index >= 15 is 0 Å². The van der Waals surface area contributed by atoms with E-state index in [9.17, 15) is 0 Å². The van der Waals surface area contributed by atoms with Gasteiger partial charge in [-0.05, 0) is 0 Å². The number of fused-ring (bicyclic) bond motifs is 3. The fourth-order valence-electron chi connectivity index (χ4n) is 2.37. The largest absolute Gasteiger partial charge is 0.488 e. The van der Waals surface area contributed by atoms with Crippen molar-refractivity contribution in [1.29, 1.82) is 0 Å². The van der Waals surface area contributed by atoms with Crippen LogP contribution in [0.5, 0.6) is 5.75 Å². The molecule has 6 heteroatoms. The first-order valence-electron chi connectivity index (χ1n) is 5.71. The fraction of sp³-hybridized carbons (Fsp3) is 0.545. The molecule has 0 saturated carbocycles. The van der Waals surface area contributed by atoms with Crippen LogP contribution in [-0.2, 0) is 0 Å². The van der Waals surface area contributed by atoms with Crippen LogP contribution in [0.15, 0.2) is 6.20 Å². The van der Waals surface area contributed by atoms with Crippen LogP contribution in [0.2, 0.25) is 10.0 Å². The standard InChI is InChI=1S/C11H13Cl2N3O/c12-8-6-15-11-10(9(8)13)17-4-1-7-5-14-2-3-16(7)11/h6-7,14H,1-5H2/t7-/m1/s1. The number of nitrogens with one attached hydrogen (secondary N) is 1. The molecule has 0 amide bonds. The molecule has 4 nitrogen and oxygen atoms in total. The predicted molar refractivity (Wildman–Crippen MR) is 68.4 cm³/mol. The Bertz CT molecular complexity index is 441. The van der Waals surface area contributed by atoms with Crippen LogP contribution in [0.1, 0.15) is 6.42 Å². The molecule has 1 N–H and O–H groups in total. The lowest BCUT2D eigenvalue weighted by molar-refractivity contribution is 0.304. The molecule has 0 aliphatic carbocycles. The summed E-state index contributed by atoms with van der Waals surface area (Å²) in [5.74, 6) is 1.45. The van der Waals surface area contributed by atoms with E-state index in [1.165, 1.54) is 0 Å². The molecule has 0 spiro atoms. The Kier molecular flexibility index (Phi) is 3.03. The number of halogens is 2. The molecule has 0 radical (unpaired) electrons. The van der Waals surface area contributed by atoms with Gasteiger partial charge in [-0.2, -0.15) is 0 Å². The zero-order valence-corrected chi connectivity index (χ0v) is 10.8. The van der Waals surface area contributed by atoms with Gasteiger partial charge in [0.15, 0.2) is 11.6 Å². The quantitative estimate of drug-likeness (QED) is 0.784. The highest BCUT2D eigenvalue weighted by molar-refractivity contribution is 6.43. The molecule has 1 aromatic heterocycles. The number of aromatic nitrogens is 1. The zero-order valence-electron chi connectivity index (χ0n) is 9.25. The summed E-state index contributed by atoms with van der Waals surface area (Å²) in [6.07, 6.45) is 2.56. The number of rotatable bonds is 0. The van der Waals surface area contributed by atoms with Crippen molar-refractivity contribution in [1.82, 2.24) is 10.3 Å². The molecular weight excluding hydrogens is 261 g/mol. The Morgan fingerprint density at radius 3 is 3.24 bits per heavy atom. The van der Waals surface area contributed by atoms with Crippen molar-refractivity contribution in [3.63, 3.8) is 0 Å². The number of nitrogens with zero attached hydrogens (tertiary/aromatic N) is 2. The first kappa shape index (κ1) is 11.4. The van der Waals surface area contributed by atoms with E-state index in [1.54, 1.807) is 6.20 Å². The minimum Gasteiger partial charge on any atom is -0.488 e. The molecule has 1 saturated heterocycles. The maximum Gasteiger partial charge on any atom is 0.181 e. The van der Waals surface area contributed by atoms with Crippen LogP contribution in [0, 0.1) is 0 Å². The average Bonchev–Trinajstić information content (AvgIpc) is 2.54. The smallest absolute Gasteiger partial charge is 0.181 e. The fourth-order valence-corrected chi connectivity index (χ4v) is 2.69. The van der Waals surface area contributed by atoms with Gasteiger partial charge >= 0.3 is 0 Å².